The number of aliphatic carboxylic acids is 1. The third-order valence-corrected chi connectivity index (χ3v) is 4.67. The largest absolute Gasteiger partial charge is 0.616 e. The predicted octanol–water partition coefficient (Wildman–Crippen LogP) is 3.12. The summed E-state index contributed by atoms with van der Waals surface area (Å²) in [5, 5.41) is 8.53. The van der Waals surface area contributed by atoms with E-state index >= 15 is 0 Å². The van der Waals surface area contributed by atoms with Crippen molar-refractivity contribution >= 4 is 17.1 Å². The van der Waals surface area contributed by atoms with E-state index in [0.717, 1.165) is 16.7 Å². The van der Waals surface area contributed by atoms with Gasteiger partial charge in [0, 0.05) is 6.42 Å². The Labute approximate surface area is 127 Å². The molecule has 2 atom stereocenters. The first-order chi connectivity index (χ1) is 10.1. The molecule has 0 saturated heterocycles. The number of benzene rings is 2. The van der Waals surface area contributed by atoms with Crippen LogP contribution >= 0.6 is 0 Å². The average Bonchev–Trinajstić information content (AvgIpc) is 2.48. The van der Waals surface area contributed by atoms with E-state index in [0.29, 0.717) is 6.42 Å². The fourth-order valence-electron chi connectivity index (χ4n) is 2.23. The molecule has 110 valence electrons. The van der Waals surface area contributed by atoms with Crippen LogP contribution in [0.4, 0.5) is 0 Å². The van der Waals surface area contributed by atoms with Gasteiger partial charge in [-0.3, -0.25) is 4.79 Å². The molecular formula is C17H18O3S. The first-order valence-corrected chi connectivity index (χ1v) is 8.37. The molecule has 21 heavy (non-hydrogen) atoms. The topological polar surface area (TPSA) is 60.4 Å². The van der Waals surface area contributed by atoms with E-state index in [-0.39, 0.29) is 11.7 Å². The lowest BCUT2D eigenvalue weighted by Crippen LogP contribution is -2.25. The minimum Gasteiger partial charge on any atom is -0.616 e. The molecule has 0 aliphatic rings. The number of carboxylic acids is 1. The Hall–Kier alpha value is -1.78. The van der Waals surface area contributed by atoms with Crippen molar-refractivity contribution in [1.82, 2.24) is 0 Å². The molecule has 0 aliphatic heterocycles. The molecule has 2 aromatic rings. The highest BCUT2D eigenvalue weighted by atomic mass is 32.2. The van der Waals surface area contributed by atoms with Crippen molar-refractivity contribution in [2.24, 2.45) is 0 Å². The maximum atomic E-state index is 11.6. The summed E-state index contributed by atoms with van der Waals surface area (Å²) in [7, 11) is 0. The van der Waals surface area contributed by atoms with Gasteiger partial charge in [0.25, 0.3) is 0 Å². The van der Waals surface area contributed by atoms with E-state index in [2.05, 4.69) is 0 Å². The van der Waals surface area contributed by atoms with Gasteiger partial charge in [0.2, 0.25) is 0 Å². The van der Waals surface area contributed by atoms with E-state index in [9.17, 15) is 9.35 Å². The molecule has 0 heterocycles. The number of carboxylic acid groups (broad SMARTS) is 1. The van der Waals surface area contributed by atoms with Gasteiger partial charge in [-0.2, -0.15) is 0 Å². The molecule has 0 spiro atoms. The molecule has 0 saturated carbocycles. The van der Waals surface area contributed by atoms with Crippen LogP contribution in [0.15, 0.2) is 54.6 Å². The summed E-state index contributed by atoms with van der Waals surface area (Å²) in [5.41, 5.74) is 3.27. The molecule has 0 aliphatic carbocycles. The van der Waals surface area contributed by atoms with Crippen molar-refractivity contribution in [2.75, 3.05) is 6.26 Å². The lowest BCUT2D eigenvalue weighted by molar-refractivity contribution is -0.137. The first kappa shape index (κ1) is 15.6. The maximum Gasteiger partial charge on any atom is 0.308 e. The highest BCUT2D eigenvalue weighted by Crippen LogP contribution is 2.21. The minimum absolute atomic E-state index is 0.0659. The molecule has 0 radical (unpaired) electrons. The molecule has 0 fully saturated rings. The maximum absolute atomic E-state index is 11.6. The van der Waals surface area contributed by atoms with Crippen LogP contribution in [-0.4, -0.2) is 27.1 Å². The summed E-state index contributed by atoms with van der Waals surface area (Å²) < 4.78 is 11.6. The lowest BCUT2D eigenvalue weighted by atomic mass is 10.0. The van der Waals surface area contributed by atoms with Crippen LogP contribution in [0.25, 0.3) is 11.1 Å². The van der Waals surface area contributed by atoms with Gasteiger partial charge >= 0.3 is 5.97 Å². The van der Waals surface area contributed by atoms with Crippen molar-refractivity contribution in [1.29, 1.82) is 0 Å². The van der Waals surface area contributed by atoms with Crippen LogP contribution in [0, 0.1) is 0 Å². The van der Waals surface area contributed by atoms with Crippen molar-refractivity contribution < 1.29 is 14.5 Å². The van der Waals surface area contributed by atoms with Crippen molar-refractivity contribution in [3.63, 3.8) is 0 Å². The van der Waals surface area contributed by atoms with Gasteiger partial charge in [-0.25, -0.2) is 0 Å². The summed E-state index contributed by atoms with van der Waals surface area (Å²) in [5.74, 6) is -0.906. The average molecular weight is 302 g/mol. The lowest BCUT2D eigenvalue weighted by Gasteiger charge is -2.17. The summed E-state index contributed by atoms with van der Waals surface area (Å²) in [6.07, 6.45) is 2.01. The quantitative estimate of drug-likeness (QED) is 0.834. The van der Waals surface area contributed by atoms with Crippen LogP contribution in [0.2, 0.25) is 0 Å². The second-order valence-corrected chi connectivity index (χ2v) is 6.65. The normalized spacial score (nSPS) is 13.6. The third-order valence-electron chi connectivity index (χ3n) is 3.40. The molecule has 2 rings (SSSR count). The zero-order chi connectivity index (χ0) is 15.2. The van der Waals surface area contributed by atoms with E-state index < -0.39 is 17.1 Å². The van der Waals surface area contributed by atoms with Crippen LogP contribution in [0.5, 0.6) is 0 Å². The predicted molar refractivity (Wildman–Crippen MR) is 85.7 cm³/mol. The number of hydrogen-bond acceptors (Lipinski definition) is 2. The van der Waals surface area contributed by atoms with Crippen molar-refractivity contribution in [2.45, 2.75) is 18.1 Å². The minimum atomic E-state index is -1.15. The molecule has 4 heteroatoms. The van der Waals surface area contributed by atoms with Crippen LogP contribution in [0.3, 0.4) is 0 Å². The smallest absolute Gasteiger partial charge is 0.308 e. The van der Waals surface area contributed by atoms with Gasteiger partial charge in [0.05, 0.1) is 12.7 Å². The van der Waals surface area contributed by atoms with Gasteiger partial charge < -0.3 is 9.66 Å². The van der Waals surface area contributed by atoms with E-state index in [1.807, 2.05) is 54.6 Å². The summed E-state index contributed by atoms with van der Waals surface area (Å²) in [4.78, 5) is 10.8. The Morgan fingerprint density at radius 3 is 2.19 bits per heavy atom. The highest BCUT2D eigenvalue weighted by molar-refractivity contribution is 7.91. The van der Waals surface area contributed by atoms with E-state index in [1.54, 1.807) is 6.26 Å². The SMILES string of the molecule is C[S+]([O-])C(CC(=O)O)Cc1ccc(-c2ccccc2)cc1. The van der Waals surface area contributed by atoms with Crippen LogP contribution in [0.1, 0.15) is 12.0 Å². The molecule has 3 nitrogen and oxygen atoms in total. The highest BCUT2D eigenvalue weighted by Gasteiger charge is 2.22. The van der Waals surface area contributed by atoms with Crippen molar-refractivity contribution in [3.05, 3.63) is 60.2 Å². The zero-order valence-electron chi connectivity index (χ0n) is 11.9. The molecule has 2 unspecified atom stereocenters. The Bertz CT molecular complexity index is 579. The van der Waals surface area contributed by atoms with E-state index in [1.165, 1.54) is 0 Å². The standard InChI is InChI=1S/C17H18O3S/c1-21(20)16(12-17(18)19)11-13-7-9-15(10-8-13)14-5-3-2-4-6-14/h2-10,16H,11-12H2,1H3,(H,18,19). The van der Waals surface area contributed by atoms with E-state index in [4.69, 9.17) is 5.11 Å². The summed E-state index contributed by atoms with van der Waals surface area (Å²) in [6.45, 7) is 0. The Morgan fingerprint density at radius 1 is 1.10 bits per heavy atom. The van der Waals surface area contributed by atoms with Crippen LogP contribution < -0.4 is 0 Å². The fourth-order valence-corrected chi connectivity index (χ4v) is 3.03. The van der Waals surface area contributed by atoms with Gasteiger partial charge in [-0.1, -0.05) is 65.8 Å². The Kier molecular flexibility index (Phi) is 5.42. The van der Waals surface area contributed by atoms with Crippen molar-refractivity contribution in [3.8, 4) is 11.1 Å². The van der Waals surface area contributed by atoms with Gasteiger partial charge in [-0.15, -0.1) is 0 Å². The van der Waals surface area contributed by atoms with Gasteiger partial charge in [0.1, 0.15) is 5.25 Å². The number of hydrogen-bond donors (Lipinski definition) is 1. The second kappa shape index (κ2) is 7.29. The molecule has 0 bridgehead atoms. The second-order valence-electron chi connectivity index (χ2n) is 4.99. The molecule has 0 amide bonds. The molecular weight excluding hydrogens is 284 g/mol. The monoisotopic (exact) mass is 302 g/mol. The Balaban J connectivity index is 2.10. The summed E-state index contributed by atoms with van der Waals surface area (Å²) >= 11 is -1.15. The Morgan fingerprint density at radius 2 is 1.67 bits per heavy atom. The third kappa shape index (κ3) is 4.62. The zero-order valence-corrected chi connectivity index (χ0v) is 12.7. The fraction of sp³-hybridized carbons (Fsp3) is 0.235. The summed E-state index contributed by atoms with van der Waals surface area (Å²) in [6, 6.07) is 18.0. The first-order valence-electron chi connectivity index (χ1n) is 6.74. The number of rotatable bonds is 6. The molecule has 2 aromatic carbocycles. The van der Waals surface area contributed by atoms with Gasteiger partial charge in [0.15, 0.2) is 0 Å². The van der Waals surface area contributed by atoms with Gasteiger partial charge in [-0.05, 0) is 16.7 Å². The number of carbonyl (C=O) groups is 1. The van der Waals surface area contributed by atoms with Crippen LogP contribution in [-0.2, 0) is 22.4 Å². The molecule has 0 aromatic heterocycles. The molecule has 1 N–H and O–H groups in total.